The van der Waals surface area contributed by atoms with Crippen molar-refractivity contribution < 1.29 is 14.3 Å². The van der Waals surface area contributed by atoms with Crippen molar-refractivity contribution in [2.24, 2.45) is 0 Å². The van der Waals surface area contributed by atoms with Crippen molar-refractivity contribution in [1.29, 1.82) is 0 Å². The van der Waals surface area contributed by atoms with E-state index >= 15 is 0 Å². The average Bonchev–Trinajstić information content (AvgIpc) is 2.15. The Morgan fingerprint density at radius 2 is 2.00 bits per heavy atom. The predicted octanol–water partition coefficient (Wildman–Crippen LogP) is 2.32. The highest BCUT2D eigenvalue weighted by atomic mass is 32.2. The summed E-state index contributed by atoms with van der Waals surface area (Å²) in [6, 6.07) is 5.66. The van der Waals surface area contributed by atoms with Crippen LogP contribution in [0.5, 0.6) is 0 Å². The molecule has 0 unspecified atom stereocenters. The first kappa shape index (κ1) is 11.1. The van der Waals surface area contributed by atoms with E-state index < -0.39 is 5.97 Å². The highest BCUT2D eigenvalue weighted by Crippen LogP contribution is 2.14. The quantitative estimate of drug-likeness (QED) is 0.809. The summed E-state index contributed by atoms with van der Waals surface area (Å²) in [5, 5.41) is 8.41. The van der Waals surface area contributed by atoms with E-state index in [4.69, 9.17) is 17.3 Å². The Morgan fingerprint density at radius 1 is 1.43 bits per heavy atom. The summed E-state index contributed by atoms with van der Waals surface area (Å²) in [5.74, 6) is -1.32. The number of halogens is 1. The van der Waals surface area contributed by atoms with Crippen LogP contribution in [0.3, 0.4) is 0 Å². The Kier molecular flexibility index (Phi) is 4.03. The standard InChI is InChI=1S/C9H7FO2S2/c10-7-3-1-6(2-4-7)9(13)14-5-8(11)12/h1-4H,5H2,(H,11,12). The van der Waals surface area contributed by atoms with Gasteiger partial charge in [-0.05, 0) is 17.7 Å². The molecule has 0 bridgehead atoms. The van der Waals surface area contributed by atoms with Crippen LogP contribution < -0.4 is 0 Å². The highest BCUT2D eigenvalue weighted by molar-refractivity contribution is 8.24. The number of carbonyl (C=O) groups is 1. The summed E-state index contributed by atoms with van der Waals surface area (Å²) < 4.78 is 13.0. The summed E-state index contributed by atoms with van der Waals surface area (Å²) >= 11 is 6.01. The molecule has 0 atom stereocenters. The van der Waals surface area contributed by atoms with E-state index in [0.29, 0.717) is 9.76 Å². The average molecular weight is 230 g/mol. The fourth-order valence-electron chi connectivity index (χ4n) is 0.797. The van der Waals surface area contributed by atoms with E-state index in [1.165, 1.54) is 24.3 Å². The lowest BCUT2D eigenvalue weighted by atomic mass is 10.2. The molecule has 0 heterocycles. The zero-order valence-corrected chi connectivity index (χ0v) is 8.70. The van der Waals surface area contributed by atoms with Gasteiger partial charge in [0.1, 0.15) is 5.82 Å². The summed E-state index contributed by atoms with van der Waals surface area (Å²) in [5.41, 5.74) is 0.674. The fraction of sp³-hybridized carbons (Fsp3) is 0.111. The van der Waals surface area contributed by atoms with Gasteiger partial charge in [-0.1, -0.05) is 24.4 Å². The molecule has 0 fully saturated rings. The minimum atomic E-state index is -0.917. The third-order valence-corrected chi connectivity index (χ3v) is 2.89. The lowest BCUT2D eigenvalue weighted by Crippen LogP contribution is -2.02. The number of aliphatic carboxylic acids is 1. The van der Waals surface area contributed by atoms with Gasteiger partial charge in [-0.3, -0.25) is 4.79 Å². The Bertz CT molecular complexity index is 348. The Labute approximate surface area is 90.1 Å². The lowest BCUT2D eigenvalue weighted by Gasteiger charge is -2.00. The van der Waals surface area contributed by atoms with Crippen LogP contribution >= 0.6 is 24.0 Å². The van der Waals surface area contributed by atoms with E-state index in [2.05, 4.69) is 0 Å². The molecule has 1 N–H and O–H groups in total. The van der Waals surface area contributed by atoms with Crippen molar-refractivity contribution in [2.45, 2.75) is 0 Å². The van der Waals surface area contributed by atoms with Crippen LogP contribution in [0, 0.1) is 5.82 Å². The molecule has 1 aromatic carbocycles. The maximum Gasteiger partial charge on any atom is 0.313 e. The SMILES string of the molecule is O=C(O)CSC(=S)c1ccc(F)cc1. The molecule has 0 aliphatic heterocycles. The molecule has 0 aromatic heterocycles. The molecule has 1 aromatic rings. The van der Waals surface area contributed by atoms with Crippen molar-refractivity contribution in [1.82, 2.24) is 0 Å². The van der Waals surface area contributed by atoms with Crippen LogP contribution in [0.1, 0.15) is 5.56 Å². The van der Waals surface area contributed by atoms with Gasteiger partial charge in [0.05, 0.1) is 9.95 Å². The number of carboxylic acid groups (broad SMARTS) is 1. The molecule has 0 aliphatic carbocycles. The molecular weight excluding hydrogens is 223 g/mol. The first-order chi connectivity index (χ1) is 6.59. The molecule has 0 saturated heterocycles. The summed E-state index contributed by atoms with van der Waals surface area (Å²) in [4.78, 5) is 10.2. The van der Waals surface area contributed by atoms with E-state index in [0.717, 1.165) is 11.8 Å². The first-order valence-electron chi connectivity index (χ1n) is 3.74. The van der Waals surface area contributed by atoms with Crippen molar-refractivity contribution in [3.8, 4) is 0 Å². The largest absolute Gasteiger partial charge is 0.481 e. The Morgan fingerprint density at radius 3 is 2.50 bits per heavy atom. The topological polar surface area (TPSA) is 37.3 Å². The van der Waals surface area contributed by atoms with E-state index in [9.17, 15) is 9.18 Å². The molecule has 14 heavy (non-hydrogen) atoms. The Balaban J connectivity index is 2.61. The lowest BCUT2D eigenvalue weighted by molar-refractivity contribution is -0.133. The Hall–Kier alpha value is -0.940. The van der Waals surface area contributed by atoms with Crippen LogP contribution in [0.2, 0.25) is 0 Å². The first-order valence-corrected chi connectivity index (χ1v) is 5.13. The fourth-order valence-corrected chi connectivity index (χ4v) is 1.67. The summed E-state index contributed by atoms with van der Waals surface area (Å²) in [6.45, 7) is 0. The molecule has 2 nitrogen and oxygen atoms in total. The molecule has 0 saturated carbocycles. The normalized spacial score (nSPS) is 9.79. The molecule has 0 aliphatic rings. The summed E-state index contributed by atoms with van der Waals surface area (Å²) in [6.07, 6.45) is 0. The van der Waals surface area contributed by atoms with Gasteiger partial charge >= 0.3 is 5.97 Å². The third-order valence-electron chi connectivity index (χ3n) is 1.41. The second kappa shape index (κ2) is 5.07. The summed E-state index contributed by atoms with van der Waals surface area (Å²) in [7, 11) is 0. The van der Waals surface area contributed by atoms with Gasteiger partial charge in [-0.25, -0.2) is 4.39 Å². The number of hydrogen-bond donors (Lipinski definition) is 1. The van der Waals surface area contributed by atoms with Crippen LogP contribution in [0.4, 0.5) is 4.39 Å². The predicted molar refractivity (Wildman–Crippen MR) is 58.2 cm³/mol. The van der Waals surface area contributed by atoms with Crippen molar-refractivity contribution in [3.63, 3.8) is 0 Å². The number of thioether (sulfide) groups is 1. The molecule has 74 valence electrons. The van der Waals surface area contributed by atoms with Gasteiger partial charge in [0.25, 0.3) is 0 Å². The van der Waals surface area contributed by atoms with Crippen LogP contribution in [-0.2, 0) is 4.79 Å². The van der Waals surface area contributed by atoms with E-state index in [1.54, 1.807) is 0 Å². The van der Waals surface area contributed by atoms with Crippen LogP contribution in [-0.4, -0.2) is 21.0 Å². The van der Waals surface area contributed by atoms with Gasteiger partial charge in [-0.2, -0.15) is 0 Å². The van der Waals surface area contributed by atoms with Crippen LogP contribution in [0.25, 0.3) is 0 Å². The number of benzene rings is 1. The van der Waals surface area contributed by atoms with Gasteiger partial charge in [0.15, 0.2) is 0 Å². The number of carboxylic acids is 1. The highest BCUT2D eigenvalue weighted by Gasteiger charge is 2.04. The zero-order valence-electron chi connectivity index (χ0n) is 7.07. The van der Waals surface area contributed by atoms with Gasteiger partial charge in [0, 0.05) is 0 Å². The maximum atomic E-state index is 12.5. The minimum absolute atomic E-state index is 0.0732. The number of thiocarbonyl (C=S) groups is 1. The van der Waals surface area contributed by atoms with E-state index in [-0.39, 0.29) is 11.6 Å². The van der Waals surface area contributed by atoms with E-state index in [1.807, 2.05) is 0 Å². The molecule has 0 radical (unpaired) electrons. The van der Waals surface area contributed by atoms with Crippen molar-refractivity contribution in [2.75, 3.05) is 5.75 Å². The second-order valence-corrected chi connectivity index (χ2v) is 4.13. The molecule has 5 heteroatoms. The monoisotopic (exact) mass is 230 g/mol. The zero-order chi connectivity index (χ0) is 10.6. The molecular formula is C9H7FO2S2. The van der Waals surface area contributed by atoms with Crippen molar-refractivity contribution >= 4 is 34.1 Å². The number of rotatable bonds is 3. The van der Waals surface area contributed by atoms with Crippen molar-refractivity contribution in [3.05, 3.63) is 35.6 Å². The molecule has 1 rings (SSSR count). The minimum Gasteiger partial charge on any atom is -0.481 e. The molecule has 0 spiro atoms. The smallest absolute Gasteiger partial charge is 0.313 e. The second-order valence-electron chi connectivity index (χ2n) is 2.48. The molecule has 0 amide bonds. The van der Waals surface area contributed by atoms with Gasteiger partial charge in [-0.15, -0.1) is 11.8 Å². The van der Waals surface area contributed by atoms with Gasteiger partial charge < -0.3 is 5.11 Å². The van der Waals surface area contributed by atoms with Gasteiger partial charge in [0.2, 0.25) is 0 Å². The number of hydrogen-bond acceptors (Lipinski definition) is 3. The third kappa shape index (κ3) is 3.43. The maximum absolute atomic E-state index is 12.5. The van der Waals surface area contributed by atoms with Crippen LogP contribution in [0.15, 0.2) is 24.3 Å².